The molecule has 0 saturated carbocycles. The van der Waals surface area contributed by atoms with E-state index in [2.05, 4.69) is 5.92 Å². The molecule has 0 spiro atoms. The molecule has 2 heteroatoms. The van der Waals surface area contributed by atoms with E-state index in [1.807, 2.05) is 0 Å². The lowest BCUT2D eigenvalue weighted by molar-refractivity contribution is 1.55. The Morgan fingerprint density at radius 3 is 2.73 bits per heavy atom. The van der Waals surface area contributed by atoms with Crippen molar-refractivity contribution in [2.75, 3.05) is 0 Å². The van der Waals surface area contributed by atoms with Gasteiger partial charge >= 0.3 is 0 Å². The van der Waals surface area contributed by atoms with Crippen molar-refractivity contribution in [3.8, 4) is 12.3 Å². The number of rotatable bonds is 1. The topological polar surface area (TPSA) is 0 Å². The smallest absolute Gasteiger partial charge is 0.0643 e. The first-order chi connectivity index (χ1) is 5.24. The molecular weight excluding hydrogens is 179 g/mol. The molecule has 0 unspecified atom stereocenters. The maximum Gasteiger partial charge on any atom is 0.0643 e. The Kier molecular flexibility index (Phi) is 2.82. The van der Waals surface area contributed by atoms with Crippen molar-refractivity contribution >= 4 is 23.2 Å². The molecule has 0 heterocycles. The van der Waals surface area contributed by atoms with E-state index in [0.29, 0.717) is 10.0 Å². The lowest BCUT2D eigenvalue weighted by Crippen LogP contribution is -1.79. The molecule has 0 aliphatic carbocycles. The third-order valence-electron chi connectivity index (χ3n) is 1.20. The van der Waals surface area contributed by atoms with Crippen molar-refractivity contribution < 1.29 is 0 Å². The van der Waals surface area contributed by atoms with Gasteiger partial charge in [0.15, 0.2) is 0 Å². The van der Waals surface area contributed by atoms with Crippen LogP contribution in [0.1, 0.15) is 5.56 Å². The summed E-state index contributed by atoms with van der Waals surface area (Å²) in [5.74, 6) is 2.38. The van der Waals surface area contributed by atoms with Crippen molar-refractivity contribution in [1.29, 1.82) is 0 Å². The molecule has 0 aromatic heterocycles. The minimum Gasteiger partial charge on any atom is -0.119 e. The SMILES string of the molecule is C#C[CH]c1cc(Cl)ccc1Cl. The third kappa shape index (κ3) is 2.15. The first-order valence-electron chi connectivity index (χ1n) is 2.98. The second-order valence-electron chi connectivity index (χ2n) is 1.98. The lowest BCUT2D eigenvalue weighted by Gasteiger charge is -1.98. The fourth-order valence-electron chi connectivity index (χ4n) is 0.715. The van der Waals surface area contributed by atoms with E-state index in [9.17, 15) is 0 Å². The maximum atomic E-state index is 5.79. The number of hydrogen-bond acceptors (Lipinski definition) is 0. The van der Waals surface area contributed by atoms with Gasteiger partial charge in [0.25, 0.3) is 0 Å². The fraction of sp³-hybridized carbons (Fsp3) is 0. The van der Waals surface area contributed by atoms with E-state index in [4.69, 9.17) is 29.6 Å². The van der Waals surface area contributed by atoms with Crippen LogP contribution in [0, 0.1) is 18.8 Å². The highest BCUT2D eigenvalue weighted by molar-refractivity contribution is 6.33. The minimum absolute atomic E-state index is 0.618. The molecule has 11 heavy (non-hydrogen) atoms. The van der Waals surface area contributed by atoms with Crippen LogP contribution in [0.3, 0.4) is 0 Å². The van der Waals surface area contributed by atoms with Crippen LogP contribution < -0.4 is 0 Å². The Balaban J connectivity index is 3.05. The van der Waals surface area contributed by atoms with Crippen molar-refractivity contribution in [2.45, 2.75) is 0 Å². The molecule has 0 fully saturated rings. The summed E-state index contributed by atoms with van der Waals surface area (Å²) in [5, 5.41) is 1.25. The molecule has 0 saturated heterocycles. The van der Waals surface area contributed by atoms with E-state index in [-0.39, 0.29) is 0 Å². The number of terminal acetylenes is 1. The van der Waals surface area contributed by atoms with Gasteiger partial charge in [0.1, 0.15) is 0 Å². The lowest BCUT2D eigenvalue weighted by atomic mass is 10.2. The molecule has 0 aliphatic heterocycles. The van der Waals surface area contributed by atoms with Crippen LogP contribution in [0.4, 0.5) is 0 Å². The quantitative estimate of drug-likeness (QED) is 0.588. The number of benzene rings is 1. The van der Waals surface area contributed by atoms with Gasteiger partial charge < -0.3 is 0 Å². The first-order valence-corrected chi connectivity index (χ1v) is 3.74. The number of halogens is 2. The van der Waals surface area contributed by atoms with Crippen molar-refractivity contribution in [3.05, 3.63) is 40.2 Å². The Morgan fingerprint density at radius 1 is 1.36 bits per heavy atom. The van der Waals surface area contributed by atoms with Crippen molar-refractivity contribution in [1.82, 2.24) is 0 Å². The molecule has 0 N–H and O–H groups in total. The summed E-state index contributed by atoms with van der Waals surface area (Å²) in [6.45, 7) is 0. The van der Waals surface area contributed by atoms with E-state index < -0.39 is 0 Å². The van der Waals surface area contributed by atoms with E-state index in [0.717, 1.165) is 5.56 Å². The van der Waals surface area contributed by atoms with Crippen molar-refractivity contribution in [2.24, 2.45) is 0 Å². The molecule has 0 amide bonds. The summed E-state index contributed by atoms with van der Waals surface area (Å²) < 4.78 is 0. The van der Waals surface area contributed by atoms with Gasteiger partial charge in [-0.1, -0.05) is 29.1 Å². The van der Waals surface area contributed by atoms with Gasteiger partial charge in [0.05, 0.1) is 6.42 Å². The molecule has 1 aromatic carbocycles. The number of hydrogen-bond donors (Lipinski definition) is 0. The Bertz CT molecular complexity index is 297. The van der Waals surface area contributed by atoms with Gasteiger partial charge in [-0.15, -0.1) is 6.42 Å². The second-order valence-corrected chi connectivity index (χ2v) is 2.82. The first kappa shape index (κ1) is 8.46. The van der Waals surface area contributed by atoms with Gasteiger partial charge in [-0.25, -0.2) is 0 Å². The second kappa shape index (κ2) is 3.67. The predicted octanol–water partition coefficient (Wildman–Crippen LogP) is 3.18. The summed E-state index contributed by atoms with van der Waals surface area (Å²) in [5.41, 5.74) is 0.779. The highest BCUT2D eigenvalue weighted by atomic mass is 35.5. The van der Waals surface area contributed by atoms with Crippen LogP contribution in [0.5, 0.6) is 0 Å². The normalized spacial score (nSPS) is 9.18. The van der Waals surface area contributed by atoms with Crippen molar-refractivity contribution in [3.63, 3.8) is 0 Å². The highest BCUT2D eigenvalue weighted by Crippen LogP contribution is 2.21. The van der Waals surface area contributed by atoms with E-state index in [1.165, 1.54) is 0 Å². The molecule has 0 aliphatic rings. The zero-order valence-corrected chi connectivity index (χ0v) is 7.15. The standard InChI is InChI=1S/C9H5Cl2/c1-2-3-7-6-8(10)4-5-9(7)11/h1,3-6H. The Labute approximate surface area is 76.1 Å². The summed E-state index contributed by atoms with van der Waals surface area (Å²) in [7, 11) is 0. The molecule has 1 radical (unpaired) electrons. The van der Waals surface area contributed by atoms with Crippen LogP contribution in [0.2, 0.25) is 10.0 Å². The molecular formula is C9H5Cl2. The van der Waals surface area contributed by atoms with E-state index in [1.54, 1.807) is 24.6 Å². The zero-order valence-electron chi connectivity index (χ0n) is 5.64. The van der Waals surface area contributed by atoms with Gasteiger partial charge in [-0.05, 0) is 23.8 Å². The van der Waals surface area contributed by atoms with Gasteiger partial charge in [0, 0.05) is 10.0 Å². The largest absolute Gasteiger partial charge is 0.119 e. The molecule has 55 valence electrons. The average Bonchev–Trinajstić information content (AvgIpc) is 1.98. The predicted molar refractivity (Wildman–Crippen MR) is 48.7 cm³/mol. The Hall–Kier alpha value is -0.640. The summed E-state index contributed by atoms with van der Waals surface area (Å²) in [6.07, 6.45) is 6.65. The average molecular weight is 184 g/mol. The monoisotopic (exact) mass is 183 g/mol. The van der Waals surface area contributed by atoms with Gasteiger partial charge in [-0.3, -0.25) is 0 Å². The molecule has 0 atom stereocenters. The van der Waals surface area contributed by atoms with Crippen LogP contribution in [0.15, 0.2) is 18.2 Å². The van der Waals surface area contributed by atoms with E-state index >= 15 is 0 Å². The van der Waals surface area contributed by atoms with Crippen LogP contribution >= 0.6 is 23.2 Å². The van der Waals surface area contributed by atoms with Gasteiger partial charge in [0.2, 0.25) is 0 Å². The molecule has 1 rings (SSSR count). The van der Waals surface area contributed by atoms with Gasteiger partial charge in [-0.2, -0.15) is 0 Å². The van der Waals surface area contributed by atoms with Crippen LogP contribution in [0.25, 0.3) is 0 Å². The summed E-state index contributed by atoms with van der Waals surface area (Å²) in [4.78, 5) is 0. The van der Waals surface area contributed by atoms with Crippen LogP contribution in [-0.4, -0.2) is 0 Å². The molecule has 0 nitrogen and oxygen atoms in total. The fourth-order valence-corrected chi connectivity index (χ4v) is 1.07. The molecule has 1 aromatic rings. The van der Waals surface area contributed by atoms with Crippen LogP contribution in [-0.2, 0) is 0 Å². The maximum absolute atomic E-state index is 5.79. The highest BCUT2D eigenvalue weighted by Gasteiger charge is 1.98. The third-order valence-corrected chi connectivity index (χ3v) is 1.78. The summed E-state index contributed by atoms with van der Waals surface area (Å²) >= 11 is 11.5. The molecule has 0 bridgehead atoms. The zero-order chi connectivity index (χ0) is 8.27. The summed E-state index contributed by atoms with van der Waals surface area (Å²) in [6, 6.07) is 5.16. The Morgan fingerprint density at radius 2 is 2.09 bits per heavy atom. The minimum atomic E-state index is 0.618.